The number of halogens is 3. The van der Waals surface area contributed by atoms with Crippen LogP contribution >= 0.6 is 0 Å². The molecule has 0 spiro atoms. The number of likely N-dealkylation sites (tertiary alicyclic amines) is 1. The van der Waals surface area contributed by atoms with Crippen LogP contribution in [-0.2, 0) is 22.9 Å². The molecule has 2 aliphatic rings. The highest BCUT2D eigenvalue weighted by Crippen LogP contribution is 2.42. The summed E-state index contributed by atoms with van der Waals surface area (Å²) in [4.78, 5) is 26.2. The zero-order valence-electron chi connectivity index (χ0n) is 22.7. The maximum absolute atomic E-state index is 14.0. The predicted molar refractivity (Wildman–Crippen MR) is 148 cm³/mol. The van der Waals surface area contributed by atoms with Crippen LogP contribution in [-0.4, -0.2) is 59.6 Å². The summed E-state index contributed by atoms with van der Waals surface area (Å²) >= 11 is 0. The van der Waals surface area contributed by atoms with Crippen molar-refractivity contribution in [1.29, 1.82) is 0 Å². The Morgan fingerprint density at radius 1 is 1.18 bits per heavy atom. The number of rotatable bonds is 6. The Bertz CT molecular complexity index is 1400. The monoisotopic (exact) mass is 550 g/mol. The van der Waals surface area contributed by atoms with Crippen molar-refractivity contribution in [3.05, 3.63) is 77.4 Å². The molecule has 2 aliphatic heterocycles. The molecule has 0 aliphatic carbocycles. The molecule has 210 valence electrons. The van der Waals surface area contributed by atoms with Crippen molar-refractivity contribution in [2.24, 2.45) is 0 Å². The Kier molecular flexibility index (Phi) is 7.60. The summed E-state index contributed by atoms with van der Waals surface area (Å²) in [5, 5.41) is 3.28. The van der Waals surface area contributed by atoms with E-state index in [4.69, 9.17) is 11.6 Å². The molecule has 1 amide bonds. The van der Waals surface area contributed by atoms with Crippen molar-refractivity contribution >= 4 is 17.3 Å². The van der Waals surface area contributed by atoms with E-state index in [1.54, 1.807) is 6.20 Å². The topological polar surface area (TPSA) is 57.8 Å². The first-order valence-corrected chi connectivity index (χ1v) is 13.6. The molecule has 7 nitrogen and oxygen atoms in total. The number of carbonyl (C=O) groups is 1. The lowest BCUT2D eigenvalue weighted by molar-refractivity contribution is -0.137. The number of anilines is 1. The number of carbonyl (C=O) groups excluding carboxylic acids is 1. The number of nitrogens with zero attached hydrogens (tertiary/aromatic N) is 5. The number of piperidine rings is 1. The molecule has 0 bridgehead atoms. The van der Waals surface area contributed by atoms with Gasteiger partial charge in [-0.3, -0.25) is 9.78 Å². The van der Waals surface area contributed by atoms with Gasteiger partial charge in [0.15, 0.2) is 0 Å². The summed E-state index contributed by atoms with van der Waals surface area (Å²) in [6.07, 6.45) is 1.07. The average Bonchev–Trinajstić information content (AvgIpc) is 3.61. The molecule has 2 aromatic heterocycles. The minimum atomic E-state index is -4.51. The Balaban J connectivity index is 1.43. The van der Waals surface area contributed by atoms with Gasteiger partial charge < -0.3 is 19.7 Å². The highest BCUT2D eigenvalue weighted by Gasteiger charge is 2.44. The number of likely N-dealkylation sites (N-methyl/N-ethyl adjacent to an activating group) is 1. The van der Waals surface area contributed by atoms with Crippen molar-refractivity contribution < 1.29 is 18.0 Å². The molecule has 1 N–H and O–H groups in total. The Labute approximate surface area is 232 Å². The maximum atomic E-state index is 14.0. The largest absolute Gasteiger partial charge is 0.415 e. The molecule has 1 atom stereocenters. The second kappa shape index (κ2) is 11.0. The van der Waals surface area contributed by atoms with Crippen LogP contribution in [0.15, 0.2) is 54.9 Å². The van der Waals surface area contributed by atoms with E-state index in [-0.39, 0.29) is 17.6 Å². The van der Waals surface area contributed by atoms with E-state index in [0.717, 1.165) is 55.1 Å². The van der Waals surface area contributed by atoms with E-state index in [0.29, 0.717) is 31.6 Å². The second-order valence-electron chi connectivity index (χ2n) is 10.7. The van der Waals surface area contributed by atoms with Crippen LogP contribution < -0.4 is 10.2 Å². The van der Waals surface area contributed by atoms with E-state index in [1.807, 2.05) is 42.4 Å². The third-order valence-corrected chi connectivity index (χ3v) is 8.29. The molecule has 3 aromatic rings. The number of benzene rings is 1. The summed E-state index contributed by atoms with van der Waals surface area (Å²) in [6, 6.07) is 11.3. The second-order valence-corrected chi connectivity index (χ2v) is 10.7. The van der Waals surface area contributed by atoms with Gasteiger partial charge in [0.2, 0.25) is 11.6 Å². The lowest BCUT2D eigenvalue weighted by Crippen LogP contribution is -2.54. The highest BCUT2D eigenvalue weighted by molar-refractivity contribution is 5.89. The Morgan fingerprint density at radius 2 is 1.95 bits per heavy atom. The van der Waals surface area contributed by atoms with Crippen molar-refractivity contribution in [1.82, 2.24) is 19.8 Å². The van der Waals surface area contributed by atoms with Crippen molar-refractivity contribution in [2.45, 2.75) is 50.4 Å². The molecule has 2 saturated heterocycles. The number of alkyl halides is 3. The van der Waals surface area contributed by atoms with Gasteiger partial charge in [-0.1, -0.05) is 12.1 Å². The lowest BCUT2D eigenvalue weighted by atomic mass is 9.72. The Morgan fingerprint density at radius 3 is 2.55 bits per heavy atom. The fourth-order valence-electron chi connectivity index (χ4n) is 5.96. The van der Waals surface area contributed by atoms with Gasteiger partial charge in [-0.05, 0) is 75.7 Å². The van der Waals surface area contributed by atoms with Gasteiger partial charge >= 0.3 is 6.18 Å². The van der Waals surface area contributed by atoms with Gasteiger partial charge in [0.1, 0.15) is 0 Å². The number of hydrogen-bond donors (Lipinski definition) is 1. The van der Waals surface area contributed by atoms with E-state index < -0.39 is 17.2 Å². The van der Waals surface area contributed by atoms with E-state index in [2.05, 4.69) is 26.6 Å². The molecule has 1 aromatic carbocycles. The summed E-state index contributed by atoms with van der Waals surface area (Å²) in [7, 11) is 2.04. The number of hydrogen-bond acceptors (Lipinski definition) is 4. The first-order chi connectivity index (χ1) is 19.1. The third kappa shape index (κ3) is 5.30. The minimum Gasteiger partial charge on any atom is -0.380 e. The van der Waals surface area contributed by atoms with Crippen LogP contribution in [0.5, 0.6) is 0 Å². The first-order valence-electron chi connectivity index (χ1n) is 13.6. The van der Waals surface area contributed by atoms with Gasteiger partial charge in [-0.25, -0.2) is 4.85 Å². The van der Waals surface area contributed by atoms with Crippen LogP contribution in [0.4, 0.5) is 24.5 Å². The molecule has 0 unspecified atom stereocenters. The van der Waals surface area contributed by atoms with Crippen LogP contribution in [0.2, 0.25) is 0 Å². The molecule has 0 saturated carbocycles. The van der Waals surface area contributed by atoms with Crippen molar-refractivity contribution in [3.63, 3.8) is 0 Å². The van der Waals surface area contributed by atoms with Crippen molar-refractivity contribution in [2.75, 3.05) is 38.1 Å². The highest BCUT2D eigenvalue weighted by atomic mass is 19.4. The number of aryl methyl sites for hydroxylation is 1. The standard InChI is InChI=1S/C30H33F3N6O/c1-4-38-14-5-6-26(38)24-9-7-22(19-35-24)29(28(40)36-23-11-15-37(3)20-23)12-16-39(17-13-29)27-10-8-21(30(31,32)33)18-25(27)34-2/h5-10,14,18-19,23H,4,11-13,15-17,20H2,1,3H3,(H,36,40)/t23-/m0/s1. The fourth-order valence-corrected chi connectivity index (χ4v) is 5.96. The first kappa shape index (κ1) is 27.7. The van der Waals surface area contributed by atoms with Gasteiger partial charge in [0.05, 0.1) is 23.4 Å². The van der Waals surface area contributed by atoms with Gasteiger partial charge in [-0.15, -0.1) is 0 Å². The van der Waals surface area contributed by atoms with Gasteiger partial charge in [0.25, 0.3) is 0 Å². The molecule has 2 fully saturated rings. The predicted octanol–water partition coefficient (Wildman–Crippen LogP) is 5.50. The van der Waals surface area contributed by atoms with Crippen molar-refractivity contribution in [3.8, 4) is 11.4 Å². The summed E-state index contributed by atoms with van der Waals surface area (Å²) in [5.41, 5.74) is 1.41. The molecular formula is C30H33F3N6O. The molecule has 4 heterocycles. The van der Waals surface area contributed by atoms with E-state index >= 15 is 0 Å². The summed E-state index contributed by atoms with van der Waals surface area (Å²) in [5.74, 6) is -0.0447. The molecular weight excluding hydrogens is 517 g/mol. The van der Waals surface area contributed by atoms with Crippen LogP contribution in [0, 0.1) is 6.57 Å². The van der Waals surface area contributed by atoms with Crippen LogP contribution in [0.3, 0.4) is 0 Å². The fraction of sp³-hybridized carbons (Fsp3) is 0.433. The van der Waals surface area contributed by atoms with E-state index in [9.17, 15) is 18.0 Å². The summed E-state index contributed by atoms with van der Waals surface area (Å²) in [6.45, 7) is 12.9. The quantitative estimate of drug-likeness (QED) is 0.412. The third-order valence-electron chi connectivity index (χ3n) is 8.29. The van der Waals surface area contributed by atoms with Gasteiger partial charge in [0, 0.05) is 55.9 Å². The molecule has 40 heavy (non-hydrogen) atoms. The SMILES string of the molecule is [C-]#[N+]c1cc(C(F)(F)F)ccc1N1CCC(C(=O)N[C@H]2CCN(C)C2)(c2ccc(-c3cccn3CC)nc2)CC1. The number of nitrogens with one attached hydrogen (secondary N) is 1. The van der Waals surface area contributed by atoms with Crippen LogP contribution in [0.25, 0.3) is 16.2 Å². The molecule has 5 rings (SSSR count). The van der Waals surface area contributed by atoms with E-state index in [1.165, 1.54) is 6.07 Å². The average molecular weight is 551 g/mol. The maximum Gasteiger partial charge on any atom is 0.415 e. The zero-order valence-corrected chi connectivity index (χ0v) is 22.7. The normalized spacial score (nSPS) is 19.4. The molecule has 0 radical (unpaired) electrons. The molecule has 10 heteroatoms. The number of amides is 1. The number of pyridine rings is 1. The smallest absolute Gasteiger partial charge is 0.380 e. The number of aromatic nitrogens is 2. The lowest BCUT2D eigenvalue weighted by Gasteiger charge is -2.42. The van der Waals surface area contributed by atoms with Crippen LogP contribution in [0.1, 0.15) is 37.3 Å². The summed E-state index contributed by atoms with van der Waals surface area (Å²) < 4.78 is 41.8. The zero-order chi connectivity index (χ0) is 28.5. The van der Waals surface area contributed by atoms with Gasteiger partial charge in [-0.2, -0.15) is 13.2 Å². The minimum absolute atomic E-state index is 0.0364. The Hall–Kier alpha value is -3.84.